The minimum absolute atomic E-state index is 0.00367. The summed E-state index contributed by atoms with van der Waals surface area (Å²) in [5.74, 6) is -2.97. The van der Waals surface area contributed by atoms with E-state index in [1.54, 1.807) is 0 Å². The zero-order valence-corrected chi connectivity index (χ0v) is 20.3. The van der Waals surface area contributed by atoms with E-state index in [9.17, 15) is 24.3 Å². The Labute approximate surface area is 209 Å². The largest absolute Gasteiger partial charge is 0.480 e. The van der Waals surface area contributed by atoms with Crippen LogP contribution in [0.15, 0.2) is 42.9 Å². The monoisotopic (exact) mass is 501 g/mol. The number of nitrogens with one attached hydrogen (secondary N) is 4. The smallest absolute Gasteiger partial charge is 0.326 e. The molecule has 2 rings (SSSR count). The van der Waals surface area contributed by atoms with Crippen LogP contribution in [-0.2, 0) is 32.0 Å². The summed E-state index contributed by atoms with van der Waals surface area (Å²) in [6.45, 7) is 1.89. The molecule has 0 bridgehead atoms. The van der Waals surface area contributed by atoms with Crippen molar-refractivity contribution in [2.75, 3.05) is 6.54 Å². The van der Waals surface area contributed by atoms with Crippen molar-refractivity contribution in [3.63, 3.8) is 0 Å². The van der Waals surface area contributed by atoms with Crippen LogP contribution in [0.1, 0.15) is 37.4 Å². The van der Waals surface area contributed by atoms with Gasteiger partial charge in [0, 0.05) is 18.3 Å². The average molecular weight is 502 g/mol. The third-order valence-electron chi connectivity index (χ3n) is 5.56. The first-order valence-corrected chi connectivity index (χ1v) is 11.8. The second-order valence-corrected chi connectivity index (χ2v) is 8.55. The highest BCUT2D eigenvalue weighted by molar-refractivity contribution is 5.94. The number of hydrogen-bond donors (Lipinski definition) is 7. The Bertz CT molecular complexity index is 984. The molecule has 0 saturated carbocycles. The fourth-order valence-electron chi connectivity index (χ4n) is 3.49. The topological polar surface area (TPSA) is 205 Å². The molecule has 0 fully saturated rings. The third kappa shape index (κ3) is 9.47. The van der Waals surface area contributed by atoms with Gasteiger partial charge in [0.05, 0.1) is 12.4 Å². The Morgan fingerprint density at radius 3 is 2.28 bits per heavy atom. The number of carboxylic acid groups (broad SMARTS) is 1. The predicted molar refractivity (Wildman–Crippen MR) is 132 cm³/mol. The second kappa shape index (κ2) is 14.6. The minimum Gasteiger partial charge on any atom is -0.480 e. The van der Waals surface area contributed by atoms with Crippen molar-refractivity contribution >= 4 is 23.7 Å². The van der Waals surface area contributed by atoms with E-state index < -0.39 is 47.9 Å². The molecule has 196 valence electrons. The Morgan fingerprint density at radius 2 is 1.67 bits per heavy atom. The lowest BCUT2D eigenvalue weighted by molar-refractivity contribution is -0.142. The van der Waals surface area contributed by atoms with Crippen LogP contribution < -0.4 is 27.4 Å². The molecule has 1 heterocycles. The molecule has 12 nitrogen and oxygen atoms in total. The normalized spacial score (nSPS) is 14.2. The first kappa shape index (κ1) is 28.5. The SMILES string of the molecule is CC(NC(=O)C(N)Cc1ccccc1)C(=O)NC(CCCCN)C(=O)NC(Cc1cnc[nH]1)C(=O)O. The Hall–Kier alpha value is -3.77. The number of aromatic nitrogens is 2. The molecule has 0 aliphatic heterocycles. The number of aliphatic carboxylic acids is 1. The van der Waals surface area contributed by atoms with E-state index >= 15 is 0 Å². The Kier molecular flexibility index (Phi) is 11.5. The number of carboxylic acids is 1. The molecule has 1 aromatic heterocycles. The van der Waals surface area contributed by atoms with Crippen molar-refractivity contribution in [1.29, 1.82) is 0 Å². The molecule has 0 saturated heterocycles. The highest BCUT2D eigenvalue weighted by Gasteiger charge is 2.29. The molecular formula is C24H35N7O5. The van der Waals surface area contributed by atoms with E-state index in [1.165, 1.54) is 19.4 Å². The highest BCUT2D eigenvalue weighted by Crippen LogP contribution is 2.06. The van der Waals surface area contributed by atoms with Crippen molar-refractivity contribution in [1.82, 2.24) is 25.9 Å². The van der Waals surface area contributed by atoms with Gasteiger partial charge in [-0.2, -0.15) is 0 Å². The fraction of sp³-hybridized carbons (Fsp3) is 0.458. The Balaban J connectivity index is 1.98. The van der Waals surface area contributed by atoms with Crippen LogP contribution in [-0.4, -0.2) is 69.5 Å². The van der Waals surface area contributed by atoms with Crippen LogP contribution in [0.25, 0.3) is 0 Å². The van der Waals surface area contributed by atoms with Crippen molar-refractivity contribution in [3.8, 4) is 0 Å². The number of nitrogens with two attached hydrogens (primary N) is 2. The fourth-order valence-corrected chi connectivity index (χ4v) is 3.49. The van der Waals surface area contributed by atoms with E-state index in [4.69, 9.17) is 11.5 Å². The van der Waals surface area contributed by atoms with E-state index in [0.29, 0.717) is 31.5 Å². The molecule has 4 unspecified atom stereocenters. The van der Waals surface area contributed by atoms with Crippen molar-refractivity contribution in [3.05, 3.63) is 54.1 Å². The standard InChI is InChI=1S/C24H35N7O5/c1-15(29-22(33)18(26)11-16-7-3-2-4-8-16)21(32)30-19(9-5-6-10-25)23(34)31-20(24(35)36)12-17-13-27-14-28-17/h2-4,7-8,13-15,18-20H,5-6,9-12,25-26H2,1H3,(H,27,28)(H,29,33)(H,30,32)(H,31,34)(H,35,36). The van der Waals surface area contributed by atoms with Crippen molar-refractivity contribution in [2.24, 2.45) is 11.5 Å². The molecule has 0 spiro atoms. The number of aromatic amines is 1. The van der Waals surface area contributed by atoms with Gasteiger partial charge in [0.2, 0.25) is 17.7 Å². The van der Waals surface area contributed by atoms with Gasteiger partial charge >= 0.3 is 5.97 Å². The number of amides is 3. The van der Waals surface area contributed by atoms with Crippen molar-refractivity contribution in [2.45, 2.75) is 63.2 Å². The van der Waals surface area contributed by atoms with Crippen molar-refractivity contribution < 1.29 is 24.3 Å². The molecular weight excluding hydrogens is 466 g/mol. The number of nitrogens with zero attached hydrogens (tertiary/aromatic N) is 1. The summed E-state index contributed by atoms with van der Waals surface area (Å²) >= 11 is 0. The first-order valence-electron chi connectivity index (χ1n) is 11.8. The summed E-state index contributed by atoms with van der Waals surface area (Å²) < 4.78 is 0. The van der Waals surface area contributed by atoms with Gasteiger partial charge < -0.3 is 37.5 Å². The summed E-state index contributed by atoms with van der Waals surface area (Å²) in [6, 6.07) is 5.19. The molecule has 0 radical (unpaired) electrons. The van der Waals surface area contributed by atoms with Crippen LogP contribution in [0, 0.1) is 0 Å². The molecule has 2 aromatic rings. The zero-order valence-electron chi connectivity index (χ0n) is 20.3. The maximum absolute atomic E-state index is 12.9. The molecule has 0 aliphatic rings. The van der Waals surface area contributed by atoms with E-state index in [1.807, 2.05) is 30.3 Å². The number of H-pyrrole nitrogens is 1. The lowest BCUT2D eigenvalue weighted by Crippen LogP contribution is -2.56. The maximum Gasteiger partial charge on any atom is 0.326 e. The van der Waals surface area contributed by atoms with Crippen LogP contribution >= 0.6 is 0 Å². The number of unbranched alkanes of at least 4 members (excludes halogenated alkanes) is 1. The van der Waals surface area contributed by atoms with Gasteiger partial charge in [-0.25, -0.2) is 9.78 Å². The van der Waals surface area contributed by atoms with Crippen LogP contribution in [0.2, 0.25) is 0 Å². The number of rotatable bonds is 15. The molecule has 0 aliphatic carbocycles. The highest BCUT2D eigenvalue weighted by atomic mass is 16.4. The lowest BCUT2D eigenvalue weighted by Gasteiger charge is -2.23. The number of carbonyl (C=O) groups excluding carboxylic acids is 3. The summed E-state index contributed by atoms with van der Waals surface area (Å²) in [6.07, 6.45) is 4.59. The quantitative estimate of drug-likeness (QED) is 0.154. The van der Waals surface area contributed by atoms with Gasteiger partial charge in [0.15, 0.2) is 0 Å². The molecule has 9 N–H and O–H groups in total. The number of hydrogen-bond acceptors (Lipinski definition) is 7. The Morgan fingerprint density at radius 1 is 0.972 bits per heavy atom. The molecule has 4 atom stereocenters. The zero-order chi connectivity index (χ0) is 26.5. The lowest BCUT2D eigenvalue weighted by atomic mass is 10.1. The average Bonchev–Trinajstić information content (AvgIpc) is 3.36. The van der Waals surface area contributed by atoms with Crippen LogP contribution in [0.3, 0.4) is 0 Å². The first-order chi connectivity index (χ1) is 17.2. The minimum atomic E-state index is -1.22. The van der Waals surface area contributed by atoms with E-state index in [0.717, 1.165) is 5.56 Å². The predicted octanol–water partition coefficient (Wildman–Crippen LogP) is -0.790. The van der Waals surface area contributed by atoms with Gasteiger partial charge in [-0.1, -0.05) is 30.3 Å². The van der Waals surface area contributed by atoms with Crippen LogP contribution in [0.4, 0.5) is 0 Å². The van der Waals surface area contributed by atoms with E-state index in [-0.39, 0.29) is 12.8 Å². The third-order valence-corrected chi connectivity index (χ3v) is 5.56. The number of carbonyl (C=O) groups is 4. The molecule has 36 heavy (non-hydrogen) atoms. The molecule has 1 aromatic carbocycles. The summed E-state index contributed by atoms with van der Waals surface area (Å²) in [4.78, 5) is 56.5. The number of benzene rings is 1. The van der Waals surface area contributed by atoms with Gasteiger partial charge in [0.1, 0.15) is 18.1 Å². The summed E-state index contributed by atoms with van der Waals surface area (Å²) in [5.41, 5.74) is 12.9. The molecule has 3 amide bonds. The summed E-state index contributed by atoms with van der Waals surface area (Å²) in [7, 11) is 0. The maximum atomic E-state index is 12.9. The van der Waals surface area contributed by atoms with E-state index in [2.05, 4.69) is 25.9 Å². The van der Waals surface area contributed by atoms with Gasteiger partial charge in [0.25, 0.3) is 0 Å². The number of imidazole rings is 1. The van der Waals surface area contributed by atoms with Crippen LogP contribution in [0.5, 0.6) is 0 Å². The van der Waals surface area contributed by atoms with Gasteiger partial charge in [-0.05, 0) is 44.7 Å². The van der Waals surface area contributed by atoms with Gasteiger partial charge in [-0.3, -0.25) is 14.4 Å². The summed E-state index contributed by atoms with van der Waals surface area (Å²) in [5, 5.41) is 17.2. The van der Waals surface area contributed by atoms with Gasteiger partial charge in [-0.15, -0.1) is 0 Å². The molecule has 12 heteroatoms. The second-order valence-electron chi connectivity index (χ2n) is 8.55.